The second-order valence-corrected chi connectivity index (χ2v) is 6.38. The van der Waals surface area contributed by atoms with E-state index in [9.17, 15) is 18.0 Å². The van der Waals surface area contributed by atoms with Gasteiger partial charge in [-0.1, -0.05) is 23.7 Å². The third-order valence-corrected chi connectivity index (χ3v) is 4.55. The zero-order valence-electron chi connectivity index (χ0n) is 13.6. The van der Waals surface area contributed by atoms with Crippen molar-refractivity contribution in [3.05, 3.63) is 52.9 Å². The van der Waals surface area contributed by atoms with Gasteiger partial charge in [0.05, 0.1) is 10.6 Å². The molecule has 0 saturated carbocycles. The van der Waals surface area contributed by atoms with E-state index < -0.39 is 11.9 Å². The molecule has 9 heteroatoms. The van der Waals surface area contributed by atoms with Crippen molar-refractivity contribution in [2.75, 3.05) is 18.0 Å². The number of piperidine rings is 1. The van der Waals surface area contributed by atoms with Gasteiger partial charge < -0.3 is 10.2 Å². The van der Waals surface area contributed by atoms with Gasteiger partial charge in [-0.2, -0.15) is 13.2 Å². The quantitative estimate of drug-likeness (QED) is 0.879. The van der Waals surface area contributed by atoms with Crippen molar-refractivity contribution in [1.82, 2.24) is 15.3 Å². The number of hydrogen-bond acceptors (Lipinski definition) is 4. The molecule has 0 spiro atoms. The summed E-state index contributed by atoms with van der Waals surface area (Å²) in [5, 5.41) is 3.30. The predicted octanol–water partition coefficient (Wildman–Crippen LogP) is 3.55. The Bertz CT molecular complexity index is 792. The molecule has 26 heavy (non-hydrogen) atoms. The highest BCUT2D eigenvalue weighted by Crippen LogP contribution is 2.29. The summed E-state index contributed by atoms with van der Waals surface area (Å²) >= 11 is 6.02. The summed E-state index contributed by atoms with van der Waals surface area (Å²) < 4.78 is 38.3. The molecule has 1 N–H and O–H groups in total. The van der Waals surface area contributed by atoms with Crippen LogP contribution in [0.1, 0.15) is 28.9 Å². The summed E-state index contributed by atoms with van der Waals surface area (Å²) in [7, 11) is 0. The number of alkyl halides is 3. The molecule has 0 radical (unpaired) electrons. The van der Waals surface area contributed by atoms with Crippen LogP contribution in [0.2, 0.25) is 5.02 Å². The fraction of sp³-hybridized carbons (Fsp3) is 0.353. The van der Waals surface area contributed by atoms with Crippen molar-refractivity contribution in [3.63, 3.8) is 0 Å². The first-order chi connectivity index (χ1) is 12.3. The van der Waals surface area contributed by atoms with Crippen molar-refractivity contribution in [1.29, 1.82) is 0 Å². The number of anilines is 1. The summed E-state index contributed by atoms with van der Waals surface area (Å²) in [5.41, 5.74) is -0.557. The molecule has 1 aliphatic heterocycles. The number of nitrogens with one attached hydrogen (secondary N) is 1. The van der Waals surface area contributed by atoms with Crippen LogP contribution >= 0.6 is 11.6 Å². The number of rotatable bonds is 3. The number of nitrogens with zero attached hydrogens (tertiary/aromatic N) is 3. The topological polar surface area (TPSA) is 58.1 Å². The fourth-order valence-corrected chi connectivity index (χ4v) is 3.06. The summed E-state index contributed by atoms with van der Waals surface area (Å²) in [6.45, 7) is 0.976. The Kier molecular flexibility index (Phi) is 5.31. The third kappa shape index (κ3) is 4.24. The number of aromatic nitrogens is 2. The van der Waals surface area contributed by atoms with Gasteiger partial charge in [0, 0.05) is 25.2 Å². The van der Waals surface area contributed by atoms with Gasteiger partial charge >= 0.3 is 6.18 Å². The number of carbonyl (C=O) groups excluding carboxylic acids is 1. The Labute approximate surface area is 153 Å². The van der Waals surface area contributed by atoms with Gasteiger partial charge in [-0.05, 0) is 25.0 Å². The maximum atomic E-state index is 12.8. The zero-order chi connectivity index (χ0) is 18.7. The molecule has 138 valence electrons. The summed E-state index contributed by atoms with van der Waals surface area (Å²) in [5.74, 6) is -0.0151. The first-order valence-corrected chi connectivity index (χ1v) is 8.42. The molecular weight excluding hydrogens is 369 g/mol. The summed E-state index contributed by atoms with van der Waals surface area (Å²) in [6.07, 6.45) is -2.38. The number of halogens is 4. The summed E-state index contributed by atoms with van der Waals surface area (Å²) in [4.78, 5) is 21.2. The molecular formula is C17H16ClF3N4O. The third-order valence-electron chi connectivity index (χ3n) is 4.22. The highest BCUT2D eigenvalue weighted by atomic mass is 35.5. The maximum absolute atomic E-state index is 12.8. The minimum atomic E-state index is -4.50. The molecule has 1 amide bonds. The number of amides is 1. The van der Waals surface area contributed by atoms with E-state index in [1.54, 1.807) is 29.2 Å². The van der Waals surface area contributed by atoms with Crippen molar-refractivity contribution in [3.8, 4) is 0 Å². The highest BCUT2D eigenvalue weighted by molar-refractivity contribution is 6.33. The van der Waals surface area contributed by atoms with Crippen molar-refractivity contribution in [2.45, 2.75) is 25.1 Å². The van der Waals surface area contributed by atoms with E-state index in [1.807, 2.05) is 0 Å². The van der Waals surface area contributed by atoms with E-state index in [1.165, 1.54) is 0 Å². The van der Waals surface area contributed by atoms with Gasteiger partial charge in [-0.15, -0.1) is 0 Å². The standard InChI is InChI=1S/C17H16ClF3N4O/c18-13-4-2-1-3-12(13)16(26)24-11-5-7-25(8-6-11)15-9-14(17(19,20)21)22-10-23-15/h1-4,9-11H,5-8H2,(H,24,26). The molecule has 1 aromatic carbocycles. The molecule has 1 saturated heterocycles. The Hall–Kier alpha value is -2.35. The molecule has 0 unspecified atom stereocenters. The fourth-order valence-electron chi connectivity index (χ4n) is 2.84. The van der Waals surface area contributed by atoms with Crippen LogP contribution in [0.25, 0.3) is 0 Å². The minimum Gasteiger partial charge on any atom is -0.356 e. The lowest BCUT2D eigenvalue weighted by Gasteiger charge is -2.33. The van der Waals surface area contributed by atoms with Crippen LogP contribution in [-0.2, 0) is 6.18 Å². The monoisotopic (exact) mass is 384 g/mol. The maximum Gasteiger partial charge on any atom is 0.433 e. The van der Waals surface area contributed by atoms with Crippen LogP contribution in [0, 0.1) is 0 Å². The highest BCUT2D eigenvalue weighted by Gasteiger charge is 2.33. The van der Waals surface area contributed by atoms with Crippen LogP contribution in [0.4, 0.5) is 19.0 Å². The minimum absolute atomic E-state index is 0.0704. The first-order valence-electron chi connectivity index (χ1n) is 8.04. The molecule has 1 aliphatic rings. The van der Waals surface area contributed by atoms with Crippen LogP contribution in [-0.4, -0.2) is 35.0 Å². The first kappa shape index (κ1) is 18.4. The summed E-state index contributed by atoms with van der Waals surface area (Å²) in [6, 6.07) is 7.64. The van der Waals surface area contributed by atoms with E-state index in [4.69, 9.17) is 11.6 Å². The number of benzene rings is 1. The van der Waals surface area contributed by atoms with E-state index in [2.05, 4.69) is 15.3 Å². The van der Waals surface area contributed by atoms with Crippen molar-refractivity contribution in [2.24, 2.45) is 0 Å². The molecule has 0 bridgehead atoms. The van der Waals surface area contributed by atoms with E-state index in [0.717, 1.165) is 12.4 Å². The average molecular weight is 385 g/mol. The SMILES string of the molecule is O=C(NC1CCN(c2cc(C(F)(F)F)ncn2)CC1)c1ccccc1Cl. The second kappa shape index (κ2) is 7.49. The van der Waals surface area contributed by atoms with E-state index >= 15 is 0 Å². The van der Waals surface area contributed by atoms with Gasteiger partial charge in [0.1, 0.15) is 17.8 Å². The normalized spacial score (nSPS) is 15.8. The van der Waals surface area contributed by atoms with Crippen LogP contribution in [0.15, 0.2) is 36.7 Å². The van der Waals surface area contributed by atoms with E-state index in [0.29, 0.717) is 36.5 Å². The zero-order valence-corrected chi connectivity index (χ0v) is 14.4. The predicted molar refractivity (Wildman–Crippen MR) is 91.2 cm³/mol. The molecule has 1 fully saturated rings. The molecule has 1 aromatic heterocycles. The van der Waals surface area contributed by atoms with Gasteiger partial charge in [0.25, 0.3) is 5.91 Å². The lowest BCUT2D eigenvalue weighted by atomic mass is 10.0. The Morgan fingerprint density at radius 3 is 2.54 bits per heavy atom. The molecule has 2 heterocycles. The lowest BCUT2D eigenvalue weighted by molar-refractivity contribution is -0.141. The van der Waals surface area contributed by atoms with E-state index in [-0.39, 0.29) is 17.8 Å². The smallest absolute Gasteiger partial charge is 0.356 e. The Morgan fingerprint density at radius 2 is 1.88 bits per heavy atom. The number of hydrogen-bond donors (Lipinski definition) is 1. The van der Waals surface area contributed by atoms with Gasteiger partial charge in [0.15, 0.2) is 0 Å². The van der Waals surface area contributed by atoms with Gasteiger partial charge in [-0.3, -0.25) is 4.79 Å². The molecule has 3 rings (SSSR count). The van der Waals surface area contributed by atoms with Crippen molar-refractivity contribution >= 4 is 23.3 Å². The molecule has 5 nitrogen and oxygen atoms in total. The second-order valence-electron chi connectivity index (χ2n) is 5.97. The average Bonchev–Trinajstić information content (AvgIpc) is 2.62. The van der Waals surface area contributed by atoms with Crippen molar-refractivity contribution < 1.29 is 18.0 Å². The molecule has 0 aliphatic carbocycles. The largest absolute Gasteiger partial charge is 0.433 e. The molecule has 2 aromatic rings. The van der Waals surface area contributed by atoms with Gasteiger partial charge in [-0.25, -0.2) is 9.97 Å². The molecule has 0 atom stereocenters. The number of carbonyl (C=O) groups is 1. The van der Waals surface area contributed by atoms with Crippen LogP contribution in [0.3, 0.4) is 0 Å². The van der Waals surface area contributed by atoms with Gasteiger partial charge in [0.2, 0.25) is 0 Å². The lowest BCUT2D eigenvalue weighted by Crippen LogP contribution is -2.45. The van der Waals surface area contributed by atoms with Crippen LogP contribution < -0.4 is 10.2 Å². The Morgan fingerprint density at radius 1 is 1.19 bits per heavy atom. The van der Waals surface area contributed by atoms with Crippen LogP contribution in [0.5, 0.6) is 0 Å². The Balaban J connectivity index is 1.60.